The van der Waals surface area contributed by atoms with Gasteiger partial charge in [0.15, 0.2) is 0 Å². The van der Waals surface area contributed by atoms with Gasteiger partial charge in [-0.25, -0.2) is 4.79 Å². The number of hydrogen-bond acceptors (Lipinski definition) is 2. The quantitative estimate of drug-likeness (QED) is 0.760. The molecule has 2 saturated carbocycles. The average molecular weight is 218 g/mol. The second-order valence-corrected chi connectivity index (χ2v) is 5.19. The number of rotatable bonds is 5. The first kappa shape index (κ1) is 10.1. The van der Waals surface area contributed by atoms with Crippen molar-refractivity contribution in [2.45, 2.75) is 51.0 Å². The normalized spacial score (nSPS) is 20.0. The molecule has 1 aromatic rings. The maximum atomic E-state index is 11.7. The molecule has 1 heterocycles. The van der Waals surface area contributed by atoms with E-state index < -0.39 is 0 Å². The van der Waals surface area contributed by atoms with Crippen molar-refractivity contribution in [2.24, 2.45) is 5.92 Å². The third-order valence-electron chi connectivity index (χ3n) is 3.60. The highest BCUT2D eigenvalue weighted by atomic mass is 16.1. The molecule has 3 nitrogen and oxygen atoms in total. The van der Waals surface area contributed by atoms with Crippen LogP contribution in [0.4, 0.5) is 0 Å². The van der Waals surface area contributed by atoms with E-state index in [0.29, 0.717) is 5.92 Å². The molecule has 2 aliphatic rings. The molecule has 0 aromatic carbocycles. The largest absolute Gasteiger partial charge is 0.347 e. The van der Waals surface area contributed by atoms with Crippen LogP contribution in [0.5, 0.6) is 0 Å². The van der Waals surface area contributed by atoms with Crippen LogP contribution in [-0.4, -0.2) is 9.55 Å². The molecule has 86 valence electrons. The second kappa shape index (κ2) is 4.04. The van der Waals surface area contributed by atoms with Crippen LogP contribution in [0.15, 0.2) is 17.1 Å². The maximum absolute atomic E-state index is 11.7. The molecule has 2 aliphatic carbocycles. The Morgan fingerprint density at radius 3 is 2.75 bits per heavy atom. The minimum absolute atomic E-state index is 0.0554. The highest BCUT2D eigenvalue weighted by Gasteiger charge is 2.25. The van der Waals surface area contributed by atoms with Crippen LogP contribution < -0.4 is 5.69 Å². The Hall–Kier alpha value is -1.12. The third-order valence-corrected chi connectivity index (χ3v) is 3.60. The average Bonchev–Trinajstić information content (AvgIpc) is 3.15. The van der Waals surface area contributed by atoms with Gasteiger partial charge in [0.1, 0.15) is 0 Å². The monoisotopic (exact) mass is 218 g/mol. The molecule has 16 heavy (non-hydrogen) atoms. The Kier molecular flexibility index (Phi) is 2.54. The van der Waals surface area contributed by atoms with Gasteiger partial charge in [0.25, 0.3) is 0 Å². The van der Waals surface area contributed by atoms with Gasteiger partial charge in [-0.2, -0.15) is 4.98 Å². The van der Waals surface area contributed by atoms with Gasteiger partial charge in [0.05, 0.1) is 5.69 Å². The molecule has 0 spiro atoms. The lowest BCUT2D eigenvalue weighted by Gasteiger charge is -2.05. The van der Waals surface area contributed by atoms with Crippen molar-refractivity contribution >= 4 is 0 Å². The minimum Gasteiger partial charge on any atom is -0.299 e. The van der Waals surface area contributed by atoms with Crippen LogP contribution in [0, 0.1) is 5.92 Å². The van der Waals surface area contributed by atoms with Gasteiger partial charge in [-0.3, -0.25) is 4.57 Å². The fraction of sp³-hybridized carbons (Fsp3) is 0.692. The predicted molar refractivity (Wildman–Crippen MR) is 62.4 cm³/mol. The van der Waals surface area contributed by atoms with Crippen molar-refractivity contribution in [2.75, 3.05) is 0 Å². The van der Waals surface area contributed by atoms with E-state index in [1.165, 1.54) is 32.1 Å². The zero-order valence-corrected chi connectivity index (χ0v) is 9.56. The summed E-state index contributed by atoms with van der Waals surface area (Å²) in [5.74, 6) is 1.53. The number of nitrogens with zero attached hydrogens (tertiary/aromatic N) is 2. The molecular formula is C13H18N2O. The first-order chi connectivity index (χ1) is 7.83. The van der Waals surface area contributed by atoms with Gasteiger partial charge in [-0.05, 0) is 37.7 Å². The Morgan fingerprint density at radius 1 is 1.31 bits per heavy atom. The van der Waals surface area contributed by atoms with E-state index >= 15 is 0 Å². The SMILES string of the molecule is O=c1nc(C2CC2)ccn1CCCC1CC1. The predicted octanol–water partition coefficient (Wildman–Crippen LogP) is 2.31. The molecule has 0 N–H and O–H groups in total. The van der Waals surface area contributed by atoms with E-state index in [4.69, 9.17) is 0 Å². The lowest BCUT2D eigenvalue weighted by atomic mass is 10.2. The Bertz CT molecular complexity index is 430. The van der Waals surface area contributed by atoms with E-state index in [-0.39, 0.29) is 5.69 Å². The molecule has 0 saturated heterocycles. The lowest BCUT2D eigenvalue weighted by Crippen LogP contribution is -2.23. The molecular weight excluding hydrogens is 200 g/mol. The standard InChI is InChI=1S/C13H18N2O/c16-13-14-12(11-5-6-11)7-9-15(13)8-1-2-10-3-4-10/h7,9-11H,1-6,8H2. The number of aromatic nitrogens is 2. The summed E-state index contributed by atoms with van der Waals surface area (Å²) < 4.78 is 1.76. The van der Waals surface area contributed by atoms with E-state index in [9.17, 15) is 4.79 Å². The van der Waals surface area contributed by atoms with Crippen molar-refractivity contribution in [3.63, 3.8) is 0 Å². The van der Waals surface area contributed by atoms with Crippen LogP contribution in [0.1, 0.15) is 50.1 Å². The zero-order valence-electron chi connectivity index (χ0n) is 9.56. The molecule has 0 atom stereocenters. The van der Waals surface area contributed by atoms with Crippen molar-refractivity contribution in [1.82, 2.24) is 9.55 Å². The molecule has 3 heteroatoms. The number of aryl methyl sites for hydroxylation is 1. The van der Waals surface area contributed by atoms with Crippen LogP contribution in [0.2, 0.25) is 0 Å². The maximum Gasteiger partial charge on any atom is 0.347 e. The first-order valence-corrected chi connectivity index (χ1v) is 6.40. The molecule has 0 aliphatic heterocycles. The topological polar surface area (TPSA) is 34.9 Å². The minimum atomic E-state index is -0.0554. The van der Waals surface area contributed by atoms with Crippen LogP contribution in [0.25, 0.3) is 0 Å². The summed E-state index contributed by atoms with van der Waals surface area (Å²) >= 11 is 0. The summed E-state index contributed by atoms with van der Waals surface area (Å²) in [6.45, 7) is 0.841. The van der Waals surface area contributed by atoms with Crippen molar-refractivity contribution in [1.29, 1.82) is 0 Å². The van der Waals surface area contributed by atoms with Gasteiger partial charge in [0, 0.05) is 18.7 Å². The van der Waals surface area contributed by atoms with Gasteiger partial charge in [-0.15, -0.1) is 0 Å². The van der Waals surface area contributed by atoms with Crippen LogP contribution in [0.3, 0.4) is 0 Å². The van der Waals surface area contributed by atoms with Gasteiger partial charge in [-0.1, -0.05) is 12.8 Å². The Labute approximate surface area is 95.5 Å². The van der Waals surface area contributed by atoms with E-state index in [1.807, 2.05) is 12.3 Å². The third kappa shape index (κ3) is 2.34. The fourth-order valence-corrected chi connectivity index (χ4v) is 2.18. The number of hydrogen-bond donors (Lipinski definition) is 0. The lowest BCUT2D eigenvalue weighted by molar-refractivity contribution is 0.554. The van der Waals surface area contributed by atoms with E-state index in [2.05, 4.69) is 4.98 Å². The summed E-state index contributed by atoms with van der Waals surface area (Å²) in [5, 5.41) is 0. The van der Waals surface area contributed by atoms with Crippen molar-refractivity contribution in [3.05, 3.63) is 28.4 Å². The molecule has 2 fully saturated rings. The van der Waals surface area contributed by atoms with Gasteiger partial charge >= 0.3 is 5.69 Å². The zero-order chi connectivity index (χ0) is 11.0. The smallest absolute Gasteiger partial charge is 0.299 e. The molecule has 0 unspecified atom stereocenters. The van der Waals surface area contributed by atoms with Crippen molar-refractivity contribution < 1.29 is 0 Å². The Balaban J connectivity index is 1.62. The van der Waals surface area contributed by atoms with Gasteiger partial charge in [0.2, 0.25) is 0 Å². The highest BCUT2D eigenvalue weighted by molar-refractivity contribution is 5.12. The fourth-order valence-electron chi connectivity index (χ4n) is 2.18. The summed E-state index contributed by atoms with van der Waals surface area (Å²) in [5.41, 5.74) is 0.948. The summed E-state index contributed by atoms with van der Waals surface area (Å²) in [6, 6.07) is 2.02. The van der Waals surface area contributed by atoms with Crippen LogP contribution >= 0.6 is 0 Å². The summed E-state index contributed by atoms with van der Waals surface area (Å²) in [6.07, 6.45) is 9.53. The molecule has 0 amide bonds. The first-order valence-electron chi connectivity index (χ1n) is 6.40. The second-order valence-electron chi connectivity index (χ2n) is 5.19. The molecule has 3 rings (SSSR count). The van der Waals surface area contributed by atoms with Gasteiger partial charge < -0.3 is 0 Å². The molecule has 0 radical (unpaired) electrons. The molecule has 0 bridgehead atoms. The van der Waals surface area contributed by atoms with Crippen molar-refractivity contribution in [3.8, 4) is 0 Å². The van der Waals surface area contributed by atoms with E-state index in [1.54, 1.807) is 4.57 Å². The summed E-state index contributed by atoms with van der Waals surface area (Å²) in [4.78, 5) is 15.9. The Morgan fingerprint density at radius 2 is 2.12 bits per heavy atom. The summed E-state index contributed by atoms with van der Waals surface area (Å²) in [7, 11) is 0. The van der Waals surface area contributed by atoms with Crippen LogP contribution in [-0.2, 0) is 6.54 Å². The molecule has 1 aromatic heterocycles. The van der Waals surface area contributed by atoms with E-state index in [0.717, 1.165) is 24.6 Å². The highest BCUT2D eigenvalue weighted by Crippen LogP contribution is 2.38.